The molecule has 0 N–H and O–H groups in total. The van der Waals surface area contributed by atoms with Gasteiger partial charge in [0.15, 0.2) is 17.5 Å². The maximum absolute atomic E-state index is 7.59. The van der Waals surface area contributed by atoms with Gasteiger partial charge in [0.2, 0.25) is 5.60 Å². The van der Waals surface area contributed by atoms with E-state index >= 15 is 0 Å². The van der Waals surface area contributed by atoms with Crippen LogP contribution in [0.3, 0.4) is 0 Å². The number of benzene rings is 6. The molecule has 0 bridgehead atoms. The zero-order chi connectivity index (χ0) is 34.6. The van der Waals surface area contributed by atoms with Gasteiger partial charge in [-0.1, -0.05) is 141 Å². The molecule has 1 atom stereocenters. The van der Waals surface area contributed by atoms with Crippen LogP contribution in [0.25, 0.3) is 50.8 Å². The van der Waals surface area contributed by atoms with Gasteiger partial charge in [-0.2, -0.15) is 0 Å². The molecule has 0 amide bonds. The largest absolute Gasteiger partial charge is 0.497 e. The zero-order valence-electron chi connectivity index (χ0n) is 28.9. The monoisotopic (exact) mass is 663 g/mol. The van der Waals surface area contributed by atoms with Crippen LogP contribution in [0.15, 0.2) is 140 Å². The molecule has 0 saturated carbocycles. The third kappa shape index (κ3) is 4.65. The van der Waals surface area contributed by atoms with Gasteiger partial charge in [0, 0.05) is 33.1 Å². The van der Waals surface area contributed by atoms with E-state index < -0.39 is 5.60 Å². The number of ether oxygens (including phenoxy) is 2. The van der Waals surface area contributed by atoms with Crippen LogP contribution in [-0.2, 0) is 11.0 Å². The Morgan fingerprint density at radius 1 is 0.627 bits per heavy atom. The van der Waals surface area contributed by atoms with Gasteiger partial charge in [0.05, 0.1) is 7.11 Å². The van der Waals surface area contributed by atoms with E-state index in [0.29, 0.717) is 17.5 Å². The van der Waals surface area contributed by atoms with Crippen LogP contribution in [-0.4, -0.2) is 22.1 Å². The first-order valence-corrected chi connectivity index (χ1v) is 17.7. The number of fused-ring (bicyclic) bond motifs is 8. The molecule has 6 aromatic carbocycles. The predicted molar refractivity (Wildman–Crippen MR) is 205 cm³/mol. The molecule has 2 heterocycles. The van der Waals surface area contributed by atoms with E-state index in [4.69, 9.17) is 24.4 Å². The topological polar surface area (TPSA) is 57.1 Å². The Hall–Kier alpha value is -6.07. The zero-order valence-corrected chi connectivity index (χ0v) is 28.9. The molecule has 1 aromatic heterocycles. The van der Waals surface area contributed by atoms with Crippen LogP contribution < -0.4 is 9.47 Å². The Balaban J connectivity index is 1.36. The van der Waals surface area contributed by atoms with Crippen LogP contribution in [0.5, 0.6) is 11.5 Å². The van der Waals surface area contributed by atoms with E-state index in [2.05, 4.69) is 86.7 Å². The van der Waals surface area contributed by atoms with Crippen LogP contribution in [0.4, 0.5) is 0 Å². The van der Waals surface area contributed by atoms with Gasteiger partial charge in [0.25, 0.3) is 0 Å². The summed E-state index contributed by atoms with van der Waals surface area (Å²) in [6.45, 7) is 4.63. The lowest BCUT2D eigenvalue weighted by Crippen LogP contribution is -2.37. The smallest absolute Gasteiger partial charge is 0.212 e. The van der Waals surface area contributed by atoms with Crippen LogP contribution in [0, 0.1) is 0 Å². The second-order valence-electron chi connectivity index (χ2n) is 13.3. The molecule has 51 heavy (non-hydrogen) atoms. The van der Waals surface area contributed by atoms with E-state index in [1.807, 2.05) is 72.8 Å². The molecule has 2 aliphatic rings. The minimum atomic E-state index is -1.18. The summed E-state index contributed by atoms with van der Waals surface area (Å²) in [4.78, 5) is 15.5. The van der Waals surface area contributed by atoms with Crippen molar-refractivity contribution in [2.45, 2.75) is 37.7 Å². The predicted octanol–water partition coefficient (Wildman–Crippen LogP) is 10.8. The van der Waals surface area contributed by atoms with Gasteiger partial charge in [-0.25, -0.2) is 15.0 Å². The molecule has 0 fully saturated rings. The molecule has 1 unspecified atom stereocenters. The SMILES string of the molecule is CCC1(CC)c2ccccc2-c2c1c1c(c3ccccc23)OC(c2ccc(OC)cc2)(c2nc(-c3ccccc3)nc(-c3ccccc3)n2)C=C1. The van der Waals surface area contributed by atoms with Crippen molar-refractivity contribution in [3.05, 3.63) is 168 Å². The molecule has 7 aromatic rings. The average Bonchev–Trinajstić information content (AvgIpc) is 3.52. The Labute approximate surface area is 298 Å². The van der Waals surface area contributed by atoms with Gasteiger partial charge < -0.3 is 9.47 Å². The Morgan fingerprint density at radius 3 is 1.84 bits per heavy atom. The summed E-state index contributed by atoms with van der Waals surface area (Å²) in [5, 5.41) is 2.25. The second-order valence-corrected chi connectivity index (χ2v) is 13.3. The van der Waals surface area contributed by atoms with Gasteiger partial charge in [-0.3, -0.25) is 0 Å². The first kappa shape index (κ1) is 30.9. The number of hydrogen-bond acceptors (Lipinski definition) is 5. The van der Waals surface area contributed by atoms with Crippen LogP contribution >= 0.6 is 0 Å². The fraction of sp³-hybridized carbons (Fsp3) is 0.152. The number of hydrogen-bond donors (Lipinski definition) is 0. The molecule has 0 spiro atoms. The molecular formula is C46H37N3O2. The van der Waals surface area contributed by atoms with E-state index in [1.165, 1.54) is 27.6 Å². The molecule has 5 heteroatoms. The fourth-order valence-corrected chi connectivity index (χ4v) is 8.32. The van der Waals surface area contributed by atoms with E-state index in [0.717, 1.165) is 52.0 Å². The molecule has 1 aliphatic carbocycles. The summed E-state index contributed by atoms with van der Waals surface area (Å²) in [7, 11) is 1.68. The number of rotatable bonds is 7. The van der Waals surface area contributed by atoms with Crippen LogP contribution in [0.2, 0.25) is 0 Å². The fourth-order valence-electron chi connectivity index (χ4n) is 8.32. The highest BCUT2D eigenvalue weighted by Crippen LogP contribution is 2.60. The molecule has 248 valence electrons. The lowest BCUT2D eigenvalue weighted by molar-refractivity contribution is 0.152. The van der Waals surface area contributed by atoms with Crippen molar-refractivity contribution in [3.8, 4) is 45.4 Å². The number of aromatic nitrogens is 3. The maximum Gasteiger partial charge on any atom is 0.212 e. The Kier molecular flexibility index (Phi) is 7.32. The third-order valence-corrected chi connectivity index (χ3v) is 10.9. The Morgan fingerprint density at radius 2 is 1.22 bits per heavy atom. The minimum Gasteiger partial charge on any atom is -0.497 e. The molecule has 1 aliphatic heterocycles. The van der Waals surface area contributed by atoms with Gasteiger partial charge in [-0.15, -0.1) is 0 Å². The number of methoxy groups -OCH3 is 1. The van der Waals surface area contributed by atoms with Crippen molar-refractivity contribution in [2.24, 2.45) is 0 Å². The van der Waals surface area contributed by atoms with Crippen molar-refractivity contribution >= 4 is 16.8 Å². The summed E-state index contributed by atoms with van der Waals surface area (Å²) in [5.74, 6) is 3.27. The quantitative estimate of drug-likeness (QED) is 0.170. The maximum atomic E-state index is 7.59. The van der Waals surface area contributed by atoms with E-state index in [1.54, 1.807) is 7.11 Å². The standard InChI is InChI=1S/C46H37N3O2/c1-4-45(5-2)38-23-15-14-22-36(38)39-34-20-12-13-21-35(34)41-37(40(39)45)28-29-46(51-41,32-24-26-33(50-3)27-25-32)44-48-42(30-16-8-6-9-17-30)47-43(49-44)31-18-10-7-11-19-31/h6-29H,4-5H2,1-3H3. The molecule has 5 nitrogen and oxygen atoms in total. The summed E-state index contributed by atoms with van der Waals surface area (Å²) >= 11 is 0. The molecule has 0 radical (unpaired) electrons. The van der Waals surface area contributed by atoms with Crippen molar-refractivity contribution < 1.29 is 9.47 Å². The first-order chi connectivity index (χ1) is 25.1. The van der Waals surface area contributed by atoms with Crippen molar-refractivity contribution in [2.75, 3.05) is 7.11 Å². The minimum absolute atomic E-state index is 0.151. The molecule has 9 rings (SSSR count). The molecular weight excluding hydrogens is 627 g/mol. The highest BCUT2D eigenvalue weighted by molar-refractivity contribution is 6.08. The van der Waals surface area contributed by atoms with E-state index in [9.17, 15) is 0 Å². The van der Waals surface area contributed by atoms with Crippen molar-refractivity contribution in [1.29, 1.82) is 0 Å². The summed E-state index contributed by atoms with van der Waals surface area (Å²) in [5.41, 5.74) is 7.84. The lowest BCUT2D eigenvalue weighted by Gasteiger charge is -2.38. The highest BCUT2D eigenvalue weighted by Gasteiger charge is 2.47. The average molecular weight is 664 g/mol. The molecule has 0 saturated heterocycles. The van der Waals surface area contributed by atoms with Crippen molar-refractivity contribution in [3.63, 3.8) is 0 Å². The normalized spacial score (nSPS) is 16.6. The summed E-state index contributed by atoms with van der Waals surface area (Å²) in [6.07, 6.45) is 6.38. The summed E-state index contributed by atoms with van der Waals surface area (Å²) in [6, 6.07) is 45.8. The second kappa shape index (κ2) is 12.1. The van der Waals surface area contributed by atoms with Crippen molar-refractivity contribution in [1.82, 2.24) is 15.0 Å². The van der Waals surface area contributed by atoms with E-state index in [-0.39, 0.29) is 5.41 Å². The lowest BCUT2D eigenvalue weighted by atomic mass is 9.71. The first-order valence-electron chi connectivity index (χ1n) is 17.7. The van der Waals surface area contributed by atoms with Gasteiger partial charge >= 0.3 is 0 Å². The van der Waals surface area contributed by atoms with Crippen LogP contribution in [0.1, 0.15) is 54.8 Å². The Bertz CT molecular complexity index is 2390. The number of nitrogens with zero attached hydrogens (tertiary/aromatic N) is 3. The summed E-state index contributed by atoms with van der Waals surface area (Å²) < 4.78 is 13.2. The third-order valence-electron chi connectivity index (χ3n) is 10.9. The highest BCUT2D eigenvalue weighted by atomic mass is 16.5. The van der Waals surface area contributed by atoms with Gasteiger partial charge in [0.1, 0.15) is 11.5 Å². The van der Waals surface area contributed by atoms with Gasteiger partial charge in [-0.05, 0) is 58.7 Å².